The van der Waals surface area contributed by atoms with Crippen LogP contribution in [0.25, 0.3) is 0 Å². The van der Waals surface area contributed by atoms with Gasteiger partial charge in [0.15, 0.2) is 5.76 Å². The van der Waals surface area contributed by atoms with Crippen LogP contribution in [0.15, 0.2) is 10.6 Å². The van der Waals surface area contributed by atoms with Gasteiger partial charge < -0.3 is 14.6 Å². The van der Waals surface area contributed by atoms with E-state index in [0.717, 1.165) is 44.1 Å². The standard InChI is InChI=1S/C15H29N3O2/c1-6-13(4)18(7-8-19-5)11-15-9-14(17-20-15)10-16-12(2)3/h9,12-13,16H,6-8,10-11H2,1-5H3. The van der Waals surface area contributed by atoms with Crippen LogP contribution < -0.4 is 5.32 Å². The Kier molecular flexibility index (Phi) is 7.80. The molecule has 0 fully saturated rings. The summed E-state index contributed by atoms with van der Waals surface area (Å²) in [5, 5.41) is 7.45. The summed E-state index contributed by atoms with van der Waals surface area (Å²) < 4.78 is 10.6. The van der Waals surface area contributed by atoms with E-state index < -0.39 is 0 Å². The van der Waals surface area contributed by atoms with Crippen molar-refractivity contribution < 1.29 is 9.26 Å². The average molecular weight is 283 g/mol. The summed E-state index contributed by atoms with van der Waals surface area (Å²) in [4.78, 5) is 2.36. The minimum Gasteiger partial charge on any atom is -0.383 e. The zero-order valence-electron chi connectivity index (χ0n) is 13.5. The van der Waals surface area contributed by atoms with Gasteiger partial charge in [0.1, 0.15) is 0 Å². The third-order valence-electron chi connectivity index (χ3n) is 3.45. The van der Waals surface area contributed by atoms with Gasteiger partial charge in [0.2, 0.25) is 0 Å². The molecule has 1 aromatic rings. The molecule has 20 heavy (non-hydrogen) atoms. The highest BCUT2D eigenvalue weighted by Gasteiger charge is 2.15. The molecule has 0 radical (unpaired) electrons. The van der Waals surface area contributed by atoms with Crippen LogP contribution >= 0.6 is 0 Å². The fraction of sp³-hybridized carbons (Fsp3) is 0.800. The van der Waals surface area contributed by atoms with Crippen molar-refractivity contribution in [3.05, 3.63) is 17.5 Å². The molecule has 1 N–H and O–H groups in total. The van der Waals surface area contributed by atoms with Crippen LogP contribution in [-0.4, -0.2) is 42.4 Å². The molecule has 0 aromatic carbocycles. The van der Waals surface area contributed by atoms with Gasteiger partial charge in [0.25, 0.3) is 0 Å². The Balaban J connectivity index is 2.54. The van der Waals surface area contributed by atoms with E-state index in [1.807, 2.05) is 6.07 Å². The fourth-order valence-electron chi connectivity index (χ4n) is 1.94. The molecule has 1 aromatic heterocycles. The second kappa shape index (κ2) is 9.10. The van der Waals surface area contributed by atoms with Gasteiger partial charge in [-0.2, -0.15) is 0 Å². The van der Waals surface area contributed by atoms with Crippen LogP contribution in [0.4, 0.5) is 0 Å². The molecule has 1 rings (SSSR count). The molecule has 0 saturated carbocycles. The molecule has 0 spiro atoms. The van der Waals surface area contributed by atoms with Gasteiger partial charge in [-0.15, -0.1) is 0 Å². The number of rotatable bonds is 10. The summed E-state index contributed by atoms with van der Waals surface area (Å²) in [6.07, 6.45) is 1.11. The van der Waals surface area contributed by atoms with Crippen LogP contribution in [0.2, 0.25) is 0 Å². The van der Waals surface area contributed by atoms with Crippen molar-refractivity contribution in [2.24, 2.45) is 0 Å². The zero-order valence-corrected chi connectivity index (χ0v) is 13.5. The Bertz CT molecular complexity index is 366. The van der Waals surface area contributed by atoms with E-state index in [0.29, 0.717) is 12.1 Å². The van der Waals surface area contributed by atoms with Crippen molar-refractivity contribution in [2.75, 3.05) is 20.3 Å². The summed E-state index contributed by atoms with van der Waals surface area (Å²) in [6, 6.07) is 3.00. The molecule has 5 nitrogen and oxygen atoms in total. The van der Waals surface area contributed by atoms with Crippen molar-refractivity contribution in [1.29, 1.82) is 0 Å². The van der Waals surface area contributed by atoms with Crippen molar-refractivity contribution in [3.63, 3.8) is 0 Å². The van der Waals surface area contributed by atoms with E-state index in [-0.39, 0.29) is 0 Å². The van der Waals surface area contributed by atoms with Crippen molar-refractivity contribution in [1.82, 2.24) is 15.4 Å². The molecular weight excluding hydrogens is 254 g/mol. The molecule has 0 saturated heterocycles. The Hall–Kier alpha value is -0.910. The predicted octanol–water partition coefficient (Wildman–Crippen LogP) is 2.42. The second-order valence-corrected chi connectivity index (χ2v) is 5.54. The summed E-state index contributed by atoms with van der Waals surface area (Å²) in [5.41, 5.74) is 0.963. The average Bonchev–Trinajstić information content (AvgIpc) is 2.88. The van der Waals surface area contributed by atoms with E-state index in [1.165, 1.54) is 0 Å². The number of nitrogens with zero attached hydrogens (tertiary/aromatic N) is 2. The second-order valence-electron chi connectivity index (χ2n) is 5.54. The van der Waals surface area contributed by atoms with E-state index >= 15 is 0 Å². The minimum absolute atomic E-state index is 0.452. The summed E-state index contributed by atoms with van der Waals surface area (Å²) in [6.45, 7) is 11.9. The number of hydrogen-bond acceptors (Lipinski definition) is 5. The lowest BCUT2D eigenvalue weighted by atomic mass is 10.2. The van der Waals surface area contributed by atoms with Crippen LogP contribution in [0.5, 0.6) is 0 Å². The van der Waals surface area contributed by atoms with Crippen LogP contribution in [0.3, 0.4) is 0 Å². The largest absolute Gasteiger partial charge is 0.383 e. The molecule has 0 aliphatic rings. The van der Waals surface area contributed by atoms with Gasteiger partial charge in [-0.1, -0.05) is 25.9 Å². The summed E-state index contributed by atoms with van der Waals surface area (Å²) in [7, 11) is 1.74. The highest BCUT2D eigenvalue weighted by Crippen LogP contribution is 2.12. The maximum Gasteiger partial charge on any atom is 0.151 e. The lowest BCUT2D eigenvalue weighted by Crippen LogP contribution is -2.34. The Morgan fingerprint density at radius 1 is 1.40 bits per heavy atom. The van der Waals surface area contributed by atoms with Gasteiger partial charge in [0.05, 0.1) is 18.8 Å². The van der Waals surface area contributed by atoms with Crippen molar-refractivity contribution >= 4 is 0 Å². The predicted molar refractivity (Wildman–Crippen MR) is 80.5 cm³/mol. The van der Waals surface area contributed by atoms with Gasteiger partial charge in [-0.3, -0.25) is 4.90 Å². The first-order valence-electron chi connectivity index (χ1n) is 7.47. The molecule has 1 atom stereocenters. The smallest absolute Gasteiger partial charge is 0.151 e. The number of ether oxygens (including phenoxy) is 1. The van der Waals surface area contributed by atoms with E-state index in [9.17, 15) is 0 Å². The van der Waals surface area contributed by atoms with Gasteiger partial charge >= 0.3 is 0 Å². The molecule has 0 bridgehead atoms. The normalized spacial score (nSPS) is 13.3. The topological polar surface area (TPSA) is 50.5 Å². The van der Waals surface area contributed by atoms with Crippen molar-refractivity contribution in [3.8, 4) is 0 Å². The molecule has 1 heterocycles. The quantitative estimate of drug-likeness (QED) is 0.714. The van der Waals surface area contributed by atoms with Gasteiger partial charge in [-0.05, 0) is 13.3 Å². The minimum atomic E-state index is 0.452. The Morgan fingerprint density at radius 2 is 2.15 bits per heavy atom. The van der Waals surface area contributed by atoms with Crippen LogP contribution in [-0.2, 0) is 17.8 Å². The summed E-state index contributed by atoms with van der Waals surface area (Å²) >= 11 is 0. The molecule has 0 amide bonds. The van der Waals surface area contributed by atoms with Crippen molar-refractivity contribution in [2.45, 2.75) is 59.3 Å². The number of nitrogens with one attached hydrogen (secondary N) is 1. The highest BCUT2D eigenvalue weighted by atomic mass is 16.5. The van der Waals surface area contributed by atoms with Gasteiger partial charge in [0, 0.05) is 38.3 Å². The van der Waals surface area contributed by atoms with Gasteiger partial charge in [-0.25, -0.2) is 0 Å². The molecule has 0 aliphatic carbocycles. The maximum absolute atomic E-state index is 5.43. The first kappa shape index (κ1) is 17.1. The fourth-order valence-corrected chi connectivity index (χ4v) is 1.94. The van der Waals surface area contributed by atoms with E-state index in [2.05, 4.69) is 43.1 Å². The third kappa shape index (κ3) is 6.03. The first-order chi connectivity index (χ1) is 9.56. The van der Waals surface area contributed by atoms with Crippen LogP contribution in [0, 0.1) is 0 Å². The first-order valence-corrected chi connectivity index (χ1v) is 7.47. The third-order valence-corrected chi connectivity index (χ3v) is 3.45. The Morgan fingerprint density at radius 3 is 2.75 bits per heavy atom. The van der Waals surface area contributed by atoms with Crippen LogP contribution in [0.1, 0.15) is 45.6 Å². The maximum atomic E-state index is 5.43. The molecule has 0 aliphatic heterocycles. The number of aromatic nitrogens is 1. The Labute approximate surface area is 122 Å². The zero-order chi connectivity index (χ0) is 15.0. The number of hydrogen-bond donors (Lipinski definition) is 1. The summed E-state index contributed by atoms with van der Waals surface area (Å²) in [5.74, 6) is 0.918. The highest BCUT2D eigenvalue weighted by molar-refractivity contribution is 5.05. The van der Waals surface area contributed by atoms with E-state index in [4.69, 9.17) is 9.26 Å². The van der Waals surface area contributed by atoms with E-state index in [1.54, 1.807) is 7.11 Å². The lowest BCUT2D eigenvalue weighted by Gasteiger charge is -2.26. The lowest BCUT2D eigenvalue weighted by molar-refractivity contribution is 0.110. The number of methoxy groups -OCH3 is 1. The SMILES string of the molecule is CCC(C)N(CCOC)Cc1cc(CNC(C)C)no1. The molecule has 116 valence electrons. The molecule has 1 unspecified atom stereocenters. The molecular formula is C15H29N3O2. The molecule has 5 heteroatoms. The monoisotopic (exact) mass is 283 g/mol.